The zero-order valence-corrected chi connectivity index (χ0v) is 10.6. The zero-order valence-electron chi connectivity index (χ0n) is 10.6. The van der Waals surface area contributed by atoms with Gasteiger partial charge in [-0.05, 0) is 20.8 Å². The third-order valence-corrected chi connectivity index (χ3v) is 2.76. The fourth-order valence-corrected chi connectivity index (χ4v) is 2.10. The molecule has 0 unspecified atom stereocenters. The van der Waals surface area contributed by atoms with Crippen molar-refractivity contribution < 1.29 is 33.6 Å². The Morgan fingerprint density at radius 3 is 2.72 bits per heavy atom. The van der Waals surface area contributed by atoms with Crippen LogP contribution in [0.3, 0.4) is 0 Å². The summed E-state index contributed by atoms with van der Waals surface area (Å²) in [5.74, 6) is -0.800. The number of carbonyl (C=O) groups excluding carboxylic acids is 1. The van der Waals surface area contributed by atoms with Gasteiger partial charge < -0.3 is 28.8 Å². The fourth-order valence-electron chi connectivity index (χ4n) is 2.10. The second-order valence-electron chi connectivity index (χ2n) is 4.59. The molecule has 0 aliphatic carbocycles. The first-order valence-electron chi connectivity index (χ1n) is 5.92. The van der Waals surface area contributed by atoms with Crippen LogP contribution in [0.5, 0.6) is 0 Å². The van der Waals surface area contributed by atoms with Gasteiger partial charge in [-0.1, -0.05) is 0 Å². The van der Waals surface area contributed by atoms with Crippen LogP contribution in [-0.4, -0.2) is 54.9 Å². The Labute approximate surface area is 105 Å². The summed E-state index contributed by atoms with van der Waals surface area (Å²) in [5.41, 5.74) is 0. The van der Waals surface area contributed by atoms with E-state index in [4.69, 9.17) is 23.7 Å². The predicted molar refractivity (Wildman–Crippen MR) is 57.7 cm³/mol. The lowest BCUT2D eigenvalue weighted by molar-refractivity contribution is -0.219. The van der Waals surface area contributed by atoms with Crippen molar-refractivity contribution in [3.05, 3.63) is 0 Å². The number of aliphatic hydroxyl groups excluding tert-OH is 1. The monoisotopic (exact) mass is 262 g/mol. The SMILES string of the molecule is CCOC(=O)O[C@H]1[C@H]2OC(C)(C)O[C@H]2O[C@@H]1CO. The maximum Gasteiger partial charge on any atom is 0.508 e. The molecule has 2 aliphatic heterocycles. The Hall–Kier alpha value is -0.890. The Balaban J connectivity index is 2.03. The molecule has 2 aliphatic rings. The first kappa shape index (κ1) is 13.5. The van der Waals surface area contributed by atoms with Gasteiger partial charge in [0.1, 0.15) is 6.10 Å². The van der Waals surface area contributed by atoms with E-state index in [0.29, 0.717) is 0 Å². The Morgan fingerprint density at radius 2 is 2.11 bits per heavy atom. The minimum atomic E-state index is -0.807. The van der Waals surface area contributed by atoms with Crippen molar-refractivity contribution in [2.75, 3.05) is 13.2 Å². The molecular formula is C11H18O7. The highest BCUT2D eigenvalue weighted by Gasteiger charge is 2.56. The molecule has 2 fully saturated rings. The van der Waals surface area contributed by atoms with Crippen LogP contribution in [-0.2, 0) is 23.7 Å². The smallest absolute Gasteiger partial charge is 0.435 e. The van der Waals surface area contributed by atoms with Crippen molar-refractivity contribution in [1.29, 1.82) is 0 Å². The minimum absolute atomic E-state index is 0.215. The molecule has 1 N–H and O–H groups in total. The molecule has 0 bridgehead atoms. The van der Waals surface area contributed by atoms with E-state index in [-0.39, 0.29) is 13.2 Å². The molecule has 0 radical (unpaired) electrons. The molecule has 0 aromatic heterocycles. The molecule has 2 heterocycles. The molecule has 0 saturated carbocycles. The quantitative estimate of drug-likeness (QED) is 0.737. The summed E-state index contributed by atoms with van der Waals surface area (Å²) < 4.78 is 26.3. The molecule has 0 aromatic rings. The molecule has 0 aromatic carbocycles. The highest BCUT2D eigenvalue weighted by Crippen LogP contribution is 2.38. The van der Waals surface area contributed by atoms with Crippen LogP contribution >= 0.6 is 0 Å². The van der Waals surface area contributed by atoms with Crippen LogP contribution in [0.1, 0.15) is 20.8 Å². The molecule has 18 heavy (non-hydrogen) atoms. The third-order valence-electron chi connectivity index (χ3n) is 2.76. The second kappa shape index (κ2) is 5.00. The van der Waals surface area contributed by atoms with Crippen LogP contribution in [0.25, 0.3) is 0 Å². The molecule has 7 heteroatoms. The average Bonchev–Trinajstić information content (AvgIpc) is 2.72. The van der Waals surface area contributed by atoms with Gasteiger partial charge in [-0.3, -0.25) is 0 Å². The highest BCUT2D eigenvalue weighted by atomic mass is 16.9. The molecule has 7 nitrogen and oxygen atoms in total. The predicted octanol–water partition coefficient (Wildman–Crippen LogP) is 0.397. The van der Waals surface area contributed by atoms with Gasteiger partial charge in [-0.15, -0.1) is 0 Å². The molecule has 0 spiro atoms. The number of fused-ring (bicyclic) bond motifs is 1. The van der Waals surface area contributed by atoms with Gasteiger partial charge in [0, 0.05) is 0 Å². The van der Waals surface area contributed by atoms with Crippen LogP contribution in [0.2, 0.25) is 0 Å². The number of carbonyl (C=O) groups is 1. The van der Waals surface area contributed by atoms with E-state index in [1.165, 1.54) is 0 Å². The van der Waals surface area contributed by atoms with Gasteiger partial charge in [0.2, 0.25) is 0 Å². The van der Waals surface area contributed by atoms with E-state index in [1.807, 2.05) is 0 Å². The standard InChI is InChI=1S/C11H18O7/c1-4-14-10(13)16-7-6(5-12)15-9-8(7)17-11(2,3)18-9/h6-9,12H,4-5H2,1-3H3/t6-,7-,8-,9-/m1/s1. The summed E-state index contributed by atoms with van der Waals surface area (Å²) in [7, 11) is 0. The van der Waals surface area contributed by atoms with Crippen molar-refractivity contribution in [2.45, 2.75) is 51.2 Å². The van der Waals surface area contributed by atoms with E-state index in [9.17, 15) is 9.90 Å². The summed E-state index contributed by atoms with van der Waals surface area (Å²) >= 11 is 0. The summed E-state index contributed by atoms with van der Waals surface area (Å²) in [5, 5.41) is 9.20. The largest absolute Gasteiger partial charge is 0.508 e. The lowest BCUT2D eigenvalue weighted by Gasteiger charge is -2.24. The Kier molecular flexibility index (Phi) is 3.76. The molecule has 2 rings (SSSR count). The number of aliphatic hydroxyl groups is 1. The Bertz CT molecular complexity index is 317. The van der Waals surface area contributed by atoms with Crippen LogP contribution in [0.15, 0.2) is 0 Å². The summed E-state index contributed by atoms with van der Waals surface area (Å²) in [6.45, 7) is 5.09. The molecular weight excluding hydrogens is 244 g/mol. The molecule has 2 saturated heterocycles. The van der Waals surface area contributed by atoms with Gasteiger partial charge in [0.05, 0.1) is 13.2 Å². The van der Waals surface area contributed by atoms with Gasteiger partial charge in [-0.2, -0.15) is 0 Å². The number of ether oxygens (including phenoxy) is 5. The lowest BCUT2D eigenvalue weighted by Crippen LogP contribution is -2.40. The van der Waals surface area contributed by atoms with E-state index in [1.54, 1.807) is 20.8 Å². The van der Waals surface area contributed by atoms with Gasteiger partial charge >= 0.3 is 6.16 Å². The summed E-state index contributed by atoms with van der Waals surface area (Å²) in [6, 6.07) is 0. The van der Waals surface area contributed by atoms with Crippen LogP contribution < -0.4 is 0 Å². The molecule has 4 atom stereocenters. The van der Waals surface area contributed by atoms with Crippen LogP contribution in [0, 0.1) is 0 Å². The van der Waals surface area contributed by atoms with Crippen molar-refractivity contribution in [1.82, 2.24) is 0 Å². The summed E-state index contributed by atoms with van der Waals surface area (Å²) in [6.07, 6.45) is -3.40. The highest BCUT2D eigenvalue weighted by molar-refractivity contribution is 5.60. The number of hydrogen-bond acceptors (Lipinski definition) is 7. The maximum absolute atomic E-state index is 11.3. The molecule has 104 valence electrons. The second-order valence-corrected chi connectivity index (χ2v) is 4.59. The summed E-state index contributed by atoms with van der Waals surface area (Å²) in [4.78, 5) is 11.3. The van der Waals surface area contributed by atoms with Gasteiger partial charge in [0.25, 0.3) is 0 Å². The van der Waals surface area contributed by atoms with Crippen molar-refractivity contribution in [3.8, 4) is 0 Å². The van der Waals surface area contributed by atoms with Gasteiger partial charge in [0.15, 0.2) is 24.3 Å². The first-order chi connectivity index (χ1) is 8.46. The average molecular weight is 262 g/mol. The maximum atomic E-state index is 11.3. The van der Waals surface area contributed by atoms with Crippen molar-refractivity contribution in [2.24, 2.45) is 0 Å². The normalized spacial score (nSPS) is 37.3. The van der Waals surface area contributed by atoms with Crippen molar-refractivity contribution in [3.63, 3.8) is 0 Å². The van der Waals surface area contributed by atoms with Crippen LogP contribution in [0.4, 0.5) is 4.79 Å². The van der Waals surface area contributed by atoms with E-state index < -0.39 is 36.5 Å². The lowest BCUT2D eigenvalue weighted by atomic mass is 10.1. The molecule has 0 amide bonds. The number of rotatable bonds is 3. The van der Waals surface area contributed by atoms with E-state index in [2.05, 4.69) is 0 Å². The number of hydrogen-bond donors (Lipinski definition) is 1. The van der Waals surface area contributed by atoms with Gasteiger partial charge in [-0.25, -0.2) is 4.79 Å². The van der Waals surface area contributed by atoms with E-state index in [0.717, 1.165) is 0 Å². The third kappa shape index (κ3) is 2.59. The topological polar surface area (TPSA) is 83.5 Å². The zero-order chi connectivity index (χ0) is 13.3. The Morgan fingerprint density at radius 1 is 1.39 bits per heavy atom. The van der Waals surface area contributed by atoms with Crippen molar-refractivity contribution >= 4 is 6.16 Å². The fraction of sp³-hybridized carbons (Fsp3) is 0.909. The van der Waals surface area contributed by atoms with E-state index >= 15 is 0 Å². The minimum Gasteiger partial charge on any atom is -0.435 e. The first-order valence-corrected chi connectivity index (χ1v) is 5.92.